The molecular weight excluding hydrogens is 301 g/mol. The van der Waals surface area contributed by atoms with Crippen molar-refractivity contribution in [2.45, 2.75) is 22.7 Å². The summed E-state index contributed by atoms with van der Waals surface area (Å²) in [5, 5.41) is 17.3. The lowest BCUT2D eigenvalue weighted by molar-refractivity contribution is 0.0487. The van der Waals surface area contributed by atoms with Gasteiger partial charge in [-0.25, -0.2) is 13.2 Å². The summed E-state index contributed by atoms with van der Waals surface area (Å²) >= 11 is 0.945. The Morgan fingerprint density at radius 1 is 0.762 bits per heavy atom. The molecule has 0 saturated carbocycles. The fourth-order valence-corrected chi connectivity index (χ4v) is 2.91. The van der Waals surface area contributed by atoms with Crippen LogP contribution in [0.25, 0.3) is 0 Å². The van der Waals surface area contributed by atoms with Crippen molar-refractivity contribution in [1.29, 1.82) is 0 Å². The molecule has 0 fully saturated rings. The molecule has 0 aromatic heterocycles. The second-order valence-electron chi connectivity index (χ2n) is 4.40. The van der Waals surface area contributed by atoms with E-state index in [1.165, 1.54) is 48.5 Å². The summed E-state index contributed by atoms with van der Waals surface area (Å²) in [6.45, 7) is 0. The van der Waals surface area contributed by atoms with E-state index in [9.17, 15) is 23.4 Å². The third-order valence-corrected chi connectivity index (χ3v) is 4.18. The zero-order valence-electron chi connectivity index (χ0n) is 10.8. The second kappa shape index (κ2) is 6.76. The number of thioether (sulfide) groups is 1. The normalized spacial score (nSPS) is 14.1. The Hall–Kier alpha value is -1.82. The number of hydrogen-bond acceptors (Lipinski definition) is 3. The van der Waals surface area contributed by atoms with Gasteiger partial charge in [0.15, 0.2) is 6.17 Å². The molecule has 6 heteroatoms. The van der Waals surface area contributed by atoms with Crippen LogP contribution < -0.4 is 0 Å². The first kappa shape index (κ1) is 15.6. The van der Waals surface area contributed by atoms with Crippen LogP contribution >= 0.6 is 11.8 Å². The molecule has 0 spiro atoms. The minimum absolute atomic E-state index is 0.0143. The van der Waals surface area contributed by atoms with Crippen LogP contribution in [0.2, 0.25) is 0 Å². The van der Waals surface area contributed by atoms with Crippen LogP contribution in [0.3, 0.4) is 0 Å². The van der Waals surface area contributed by atoms with Crippen molar-refractivity contribution in [3.8, 4) is 11.5 Å². The van der Waals surface area contributed by atoms with E-state index in [2.05, 4.69) is 0 Å². The van der Waals surface area contributed by atoms with Gasteiger partial charge in [-0.05, 0) is 42.0 Å². The van der Waals surface area contributed by atoms with Gasteiger partial charge in [0, 0.05) is 4.90 Å². The maximum absolute atomic E-state index is 13.9. The summed E-state index contributed by atoms with van der Waals surface area (Å²) in [6.07, 6.45) is -5.44. The number of phenols is 2. The van der Waals surface area contributed by atoms with Crippen molar-refractivity contribution >= 4 is 11.8 Å². The Morgan fingerprint density at radius 2 is 1.24 bits per heavy atom. The molecule has 0 aliphatic carbocycles. The van der Waals surface area contributed by atoms with Crippen molar-refractivity contribution in [3.63, 3.8) is 0 Å². The first-order chi connectivity index (χ1) is 9.97. The minimum atomic E-state index is -3.10. The molecular formula is C15H13F3O2S. The first-order valence-corrected chi connectivity index (χ1v) is 7.02. The summed E-state index contributed by atoms with van der Waals surface area (Å²) in [7, 11) is 0. The number of aromatic hydroxyl groups is 2. The molecule has 2 aromatic rings. The van der Waals surface area contributed by atoms with E-state index in [1.54, 1.807) is 0 Å². The number of phenolic OH excluding ortho intramolecular Hbond substituents is 2. The summed E-state index contributed by atoms with van der Waals surface area (Å²) in [6, 6.07) is 11.4. The topological polar surface area (TPSA) is 40.5 Å². The van der Waals surface area contributed by atoms with Gasteiger partial charge in [0.05, 0.1) is 5.25 Å². The van der Waals surface area contributed by atoms with Gasteiger partial charge in [0.2, 0.25) is 0 Å². The van der Waals surface area contributed by atoms with E-state index in [0.29, 0.717) is 10.5 Å². The molecule has 2 rings (SSSR count). The molecule has 2 aromatic carbocycles. The van der Waals surface area contributed by atoms with Crippen LogP contribution in [0.15, 0.2) is 53.4 Å². The van der Waals surface area contributed by atoms with Gasteiger partial charge in [-0.15, -0.1) is 11.8 Å². The minimum Gasteiger partial charge on any atom is -0.508 e. The molecule has 21 heavy (non-hydrogen) atoms. The molecule has 112 valence electrons. The van der Waals surface area contributed by atoms with Gasteiger partial charge >= 0.3 is 0 Å². The standard InChI is InChI=1S/C15H13F3O2S/c16-13(15(17)18)14(9-1-3-10(19)4-2-9)21-12-7-5-11(20)6-8-12/h1-8,13-15,19-20H. The number of rotatable bonds is 5. The van der Waals surface area contributed by atoms with Crippen LogP contribution in [0.5, 0.6) is 11.5 Å². The van der Waals surface area contributed by atoms with Crippen LogP contribution in [-0.2, 0) is 0 Å². The Labute approximate surface area is 124 Å². The molecule has 2 N–H and O–H groups in total. The van der Waals surface area contributed by atoms with E-state index in [0.717, 1.165) is 11.8 Å². The lowest BCUT2D eigenvalue weighted by Crippen LogP contribution is -2.19. The number of benzene rings is 2. The van der Waals surface area contributed by atoms with Crippen molar-refractivity contribution in [2.75, 3.05) is 0 Å². The van der Waals surface area contributed by atoms with Crippen molar-refractivity contribution in [1.82, 2.24) is 0 Å². The van der Waals surface area contributed by atoms with Gasteiger partial charge in [-0.2, -0.15) is 0 Å². The Balaban J connectivity index is 2.27. The van der Waals surface area contributed by atoms with Gasteiger partial charge < -0.3 is 10.2 Å². The lowest BCUT2D eigenvalue weighted by atomic mass is 10.1. The Morgan fingerprint density at radius 3 is 1.71 bits per heavy atom. The van der Waals surface area contributed by atoms with Crippen molar-refractivity contribution < 1.29 is 23.4 Å². The molecule has 0 saturated heterocycles. The number of hydrogen-bond donors (Lipinski definition) is 2. The Bertz CT molecular complexity index is 572. The highest BCUT2D eigenvalue weighted by Crippen LogP contribution is 2.41. The largest absolute Gasteiger partial charge is 0.508 e. The molecule has 0 aliphatic heterocycles. The summed E-state index contributed by atoms with van der Waals surface area (Å²) in [5.74, 6) is 0.0331. The van der Waals surface area contributed by atoms with Crippen LogP contribution in [0.4, 0.5) is 13.2 Å². The maximum atomic E-state index is 13.9. The highest BCUT2D eigenvalue weighted by Gasteiger charge is 2.31. The predicted octanol–water partition coefficient (Wildman–Crippen LogP) is 4.53. The highest BCUT2D eigenvalue weighted by molar-refractivity contribution is 7.99. The van der Waals surface area contributed by atoms with Gasteiger partial charge in [-0.1, -0.05) is 12.1 Å². The molecule has 0 aliphatic rings. The lowest BCUT2D eigenvalue weighted by Gasteiger charge is -2.21. The van der Waals surface area contributed by atoms with E-state index < -0.39 is 17.8 Å². The summed E-state index contributed by atoms with van der Waals surface area (Å²) in [4.78, 5) is 0.564. The third-order valence-electron chi connectivity index (χ3n) is 2.85. The third kappa shape index (κ3) is 4.07. The van der Waals surface area contributed by atoms with Crippen LogP contribution in [-0.4, -0.2) is 22.8 Å². The van der Waals surface area contributed by atoms with E-state index in [4.69, 9.17) is 0 Å². The fraction of sp³-hybridized carbons (Fsp3) is 0.200. The quantitative estimate of drug-likeness (QED) is 0.796. The zero-order valence-corrected chi connectivity index (χ0v) is 11.6. The van der Waals surface area contributed by atoms with Crippen molar-refractivity contribution in [2.24, 2.45) is 0 Å². The summed E-state index contributed by atoms with van der Waals surface area (Å²) in [5.41, 5.74) is 0.360. The molecule has 0 amide bonds. The predicted molar refractivity (Wildman–Crippen MR) is 75.7 cm³/mol. The van der Waals surface area contributed by atoms with E-state index in [1.807, 2.05) is 0 Å². The number of alkyl halides is 3. The molecule has 0 heterocycles. The number of halogens is 3. The second-order valence-corrected chi connectivity index (χ2v) is 5.62. The SMILES string of the molecule is Oc1ccc(SC(c2ccc(O)cc2)C(F)C(F)F)cc1. The fourth-order valence-electron chi connectivity index (χ4n) is 1.78. The van der Waals surface area contributed by atoms with E-state index >= 15 is 0 Å². The first-order valence-electron chi connectivity index (χ1n) is 6.14. The molecule has 2 unspecified atom stereocenters. The molecule has 0 radical (unpaired) electrons. The van der Waals surface area contributed by atoms with Crippen LogP contribution in [0.1, 0.15) is 10.8 Å². The molecule has 0 bridgehead atoms. The maximum Gasteiger partial charge on any atom is 0.270 e. The monoisotopic (exact) mass is 314 g/mol. The smallest absolute Gasteiger partial charge is 0.270 e. The average molecular weight is 314 g/mol. The average Bonchev–Trinajstić information content (AvgIpc) is 2.47. The van der Waals surface area contributed by atoms with Gasteiger partial charge in [-0.3, -0.25) is 0 Å². The highest BCUT2D eigenvalue weighted by atomic mass is 32.2. The summed E-state index contributed by atoms with van der Waals surface area (Å²) < 4.78 is 39.3. The van der Waals surface area contributed by atoms with Gasteiger partial charge in [0.25, 0.3) is 6.43 Å². The molecule has 2 atom stereocenters. The van der Waals surface area contributed by atoms with Crippen LogP contribution in [0, 0.1) is 0 Å². The Kier molecular flexibility index (Phi) is 5.01. The molecule has 2 nitrogen and oxygen atoms in total. The van der Waals surface area contributed by atoms with E-state index in [-0.39, 0.29) is 11.5 Å². The van der Waals surface area contributed by atoms with Crippen molar-refractivity contribution in [3.05, 3.63) is 54.1 Å². The zero-order chi connectivity index (χ0) is 15.4. The van der Waals surface area contributed by atoms with Gasteiger partial charge in [0.1, 0.15) is 11.5 Å².